The highest BCUT2D eigenvalue weighted by molar-refractivity contribution is 5.79. The molecule has 0 saturated heterocycles. The molecule has 0 fully saturated rings. The van der Waals surface area contributed by atoms with Gasteiger partial charge in [0.25, 0.3) is 0 Å². The summed E-state index contributed by atoms with van der Waals surface area (Å²) < 4.78 is 9.65. The molecule has 0 spiro atoms. The Labute approximate surface area is 90.9 Å². The number of hydrogen-bond acceptors (Lipinski definition) is 4. The van der Waals surface area contributed by atoms with Gasteiger partial charge in [-0.15, -0.1) is 0 Å². The van der Waals surface area contributed by atoms with Crippen LogP contribution in [-0.2, 0) is 19.1 Å². The Morgan fingerprint density at radius 1 is 1.27 bits per heavy atom. The average molecular weight is 216 g/mol. The number of rotatable bonds is 4. The van der Waals surface area contributed by atoms with Gasteiger partial charge in [0.2, 0.25) is 0 Å². The van der Waals surface area contributed by atoms with Gasteiger partial charge in [-0.1, -0.05) is 20.8 Å². The van der Waals surface area contributed by atoms with Gasteiger partial charge in [0.05, 0.1) is 13.0 Å². The van der Waals surface area contributed by atoms with Crippen molar-refractivity contribution in [1.29, 1.82) is 0 Å². The molecular formula is C11H20O4. The fourth-order valence-electron chi connectivity index (χ4n) is 0.980. The minimum Gasteiger partial charge on any atom is -0.463 e. The third-order valence-electron chi connectivity index (χ3n) is 1.60. The highest BCUT2D eigenvalue weighted by Gasteiger charge is 2.22. The SMILES string of the molecule is CCOC(=O)C(C)OC(=O)CC(C)(C)C. The Bertz CT molecular complexity index is 227. The molecule has 0 aliphatic heterocycles. The topological polar surface area (TPSA) is 52.6 Å². The van der Waals surface area contributed by atoms with E-state index in [0.717, 1.165) is 0 Å². The highest BCUT2D eigenvalue weighted by atomic mass is 16.6. The van der Waals surface area contributed by atoms with Crippen LogP contribution in [0.3, 0.4) is 0 Å². The predicted molar refractivity (Wildman–Crippen MR) is 56.3 cm³/mol. The zero-order valence-corrected chi connectivity index (χ0v) is 10.1. The van der Waals surface area contributed by atoms with E-state index < -0.39 is 12.1 Å². The van der Waals surface area contributed by atoms with Crippen molar-refractivity contribution in [2.75, 3.05) is 6.61 Å². The molecule has 0 heterocycles. The maximum Gasteiger partial charge on any atom is 0.347 e. The van der Waals surface area contributed by atoms with Crippen molar-refractivity contribution in [3.63, 3.8) is 0 Å². The number of carbonyl (C=O) groups is 2. The Balaban J connectivity index is 4.02. The Morgan fingerprint density at radius 3 is 2.20 bits per heavy atom. The lowest BCUT2D eigenvalue weighted by Gasteiger charge is -2.18. The molecule has 0 aromatic heterocycles. The highest BCUT2D eigenvalue weighted by Crippen LogP contribution is 2.19. The van der Waals surface area contributed by atoms with Gasteiger partial charge < -0.3 is 9.47 Å². The molecule has 0 rings (SSSR count). The maximum absolute atomic E-state index is 11.3. The zero-order chi connectivity index (χ0) is 12.1. The molecule has 1 atom stereocenters. The second-order valence-corrected chi connectivity index (χ2v) is 4.62. The van der Waals surface area contributed by atoms with Crippen LogP contribution in [-0.4, -0.2) is 24.6 Å². The molecule has 0 aromatic carbocycles. The van der Waals surface area contributed by atoms with Crippen molar-refractivity contribution in [2.24, 2.45) is 5.41 Å². The van der Waals surface area contributed by atoms with Crippen molar-refractivity contribution in [2.45, 2.75) is 47.1 Å². The molecule has 4 nitrogen and oxygen atoms in total. The summed E-state index contributed by atoms with van der Waals surface area (Å²) in [5, 5.41) is 0. The average Bonchev–Trinajstić information content (AvgIpc) is 2.00. The van der Waals surface area contributed by atoms with Crippen LogP contribution in [0.1, 0.15) is 41.0 Å². The lowest BCUT2D eigenvalue weighted by molar-refractivity contribution is -0.167. The normalized spacial score (nSPS) is 13.1. The first-order valence-electron chi connectivity index (χ1n) is 5.12. The minimum absolute atomic E-state index is 0.133. The quantitative estimate of drug-likeness (QED) is 0.674. The molecule has 4 heteroatoms. The van der Waals surface area contributed by atoms with E-state index in [1.165, 1.54) is 6.92 Å². The zero-order valence-electron chi connectivity index (χ0n) is 10.1. The lowest BCUT2D eigenvalue weighted by atomic mass is 9.92. The van der Waals surface area contributed by atoms with E-state index >= 15 is 0 Å². The summed E-state index contributed by atoms with van der Waals surface area (Å²) in [6.45, 7) is 9.32. The molecule has 1 unspecified atom stereocenters. The summed E-state index contributed by atoms with van der Waals surface area (Å²) in [5.74, 6) is -0.872. The largest absolute Gasteiger partial charge is 0.463 e. The predicted octanol–water partition coefficient (Wildman–Crippen LogP) is 1.92. The van der Waals surface area contributed by atoms with E-state index in [2.05, 4.69) is 0 Å². The Kier molecular flexibility index (Phi) is 5.33. The van der Waals surface area contributed by atoms with E-state index in [1.54, 1.807) is 6.92 Å². The molecular weight excluding hydrogens is 196 g/mol. The van der Waals surface area contributed by atoms with Crippen molar-refractivity contribution in [3.05, 3.63) is 0 Å². The van der Waals surface area contributed by atoms with Crippen LogP contribution in [0.15, 0.2) is 0 Å². The van der Waals surface area contributed by atoms with Crippen LogP contribution in [0.25, 0.3) is 0 Å². The molecule has 0 N–H and O–H groups in total. The minimum atomic E-state index is -0.820. The van der Waals surface area contributed by atoms with Gasteiger partial charge in [-0.3, -0.25) is 4.79 Å². The van der Waals surface area contributed by atoms with Crippen molar-refractivity contribution in [3.8, 4) is 0 Å². The fourth-order valence-corrected chi connectivity index (χ4v) is 0.980. The lowest BCUT2D eigenvalue weighted by Crippen LogP contribution is -2.28. The summed E-state index contributed by atoms with van der Waals surface area (Å²) >= 11 is 0. The van der Waals surface area contributed by atoms with Gasteiger partial charge in [0.1, 0.15) is 0 Å². The molecule has 0 bridgehead atoms. The molecule has 0 saturated carbocycles. The molecule has 0 aliphatic carbocycles. The van der Waals surface area contributed by atoms with Crippen LogP contribution in [0.4, 0.5) is 0 Å². The van der Waals surface area contributed by atoms with Crippen molar-refractivity contribution >= 4 is 11.9 Å². The summed E-state index contributed by atoms with van der Waals surface area (Å²) in [6.07, 6.45) is -0.531. The molecule has 0 radical (unpaired) electrons. The second-order valence-electron chi connectivity index (χ2n) is 4.62. The molecule has 15 heavy (non-hydrogen) atoms. The van der Waals surface area contributed by atoms with Gasteiger partial charge in [-0.25, -0.2) is 4.79 Å². The molecule has 88 valence electrons. The second kappa shape index (κ2) is 5.73. The number of carbonyl (C=O) groups excluding carboxylic acids is 2. The standard InChI is InChI=1S/C11H20O4/c1-6-14-10(13)8(2)15-9(12)7-11(3,4)5/h8H,6-7H2,1-5H3. The van der Waals surface area contributed by atoms with E-state index in [1.807, 2.05) is 20.8 Å². The van der Waals surface area contributed by atoms with Crippen LogP contribution in [0.5, 0.6) is 0 Å². The fraction of sp³-hybridized carbons (Fsp3) is 0.818. The van der Waals surface area contributed by atoms with E-state index in [9.17, 15) is 9.59 Å². The van der Waals surface area contributed by atoms with Gasteiger partial charge in [-0.05, 0) is 19.3 Å². The first kappa shape index (κ1) is 13.9. The van der Waals surface area contributed by atoms with E-state index in [-0.39, 0.29) is 17.8 Å². The third-order valence-corrected chi connectivity index (χ3v) is 1.60. The first-order valence-corrected chi connectivity index (χ1v) is 5.12. The molecule has 0 aromatic rings. The maximum atomic E-state index is 11.3. The Morgan fingerprint density at radius 2 is 1.80 bits per heavy atom. The monoisotopic (exact) mass is 216 g/mol. The van der Waals surface area contributed by atoms with Gasteiger partial charge >= 0.3 is 11.9 Å². The van der Waals surface area contributed by atoms with Crippen molar-refractivity contribution < 1.29 is 19.1 Å². The van der Waals surface area contributed by atoms with Gasteiger partial charge in [0.15, 0.2) is 6.10 Å². The van der Waals surface area contributed by atoms with Gasteiger partial charge in [0, 0.05) is 0 Å². The molecule has 0 amide bonds. The van der Waals surface area contributed by atoms with Gasteiger partial charge in [-0.2, -0.15) is 0 Å². The first-order chi connectivity index (χ1) is 6.76. The van der Waals surface area contributed by atoms with Crippen molar-refractivity contribution in [1.82, 2.24) is 0 Å². The summed E-state index contributed by atoms with van der Waals surface area (Å²) in [4.78, 5) is 22.5. The Hall–Kier alpha value is -1.06. The van der Waals surface area contributed by atoms with Crippen LogP contribution in [0.2, 0.25) is 0 Å². The summed E-state index contributed by atoms with van der Waals surface area (Å²) in [6, 6.07) is 0. The van der Waals surface area contributed by atoms with E-state index in [0.29, 0.717) is 6.61 Å². The summed E-state index contributed by atoms with van der Waals surface area (Å²) in [5.41, 5.74) is -0.133. The third kappa shape index (κ3) is 6.94. The smallest absolute Gasteiger partial charge is 0.347 e. The summed E-state index contributed by atoms with van der Waals surface area (Å²) in [7, 11) is 0. The number of ether oxygens (including phenoxy) is 2. The van der Waals surface area contributed by atoms with Crippen LogP contribution < -0.4 is 0 Å². The van der Waals surface area contributed by atoms with Crippen LogP contribution in [0, 0.1) is 5.41 Å². The number of esters is 2. The molecule has 0 aliphatic rings. The number of hydrogen-bond donors (Lipinski definition) is 0. The van der Waals surface area contributed by atoms with Crippen LogP contribution >= 0.6 is 0 Å². The van der Waals surface area contributed by atoms with E-state index in [4.69, 9.17) is 9.47 Å².